The molecule has 1 amide bonds. The van der Waals surface area contributed by atoms with E-state index in [1.165, 1.54) is 18.4 Å². The van der Waals surface area contributed by atoms with Gasteiger partial charge in [-0.2, -0.15) is 0 Å². The van der Waals surface area contributed by atoms with Gasteiger partial charge in [0.15, 0.2) is 9.84 Å². The van der Waals surface area contributed by atoms with E-state index in [0.29, 0.717) is 31.9 Å². The summed E-state index contributed by atoms with van der Waals surface area (Å²) >= 11 is 0. The predicted molar refractivity (Wildman–Crippen MR) is 90.6 cm³/mol. The van der Waals surface area contributed by atoms with Crippen molar-refractivity contribution in [1.82, 2.24) is 4.90 Å². The normalized spacial score (nSPS) is 29.1. The van der Waals surface area contributed by atoms with Gasteiger partial charge in [-0.05, 0) is 36.3 Å². The minimum Gasteiger partial charge on any atom is -0.380 e. The van der Waals surface area contributed by atoms with Crippen LogP contribution in [0, 0.1) is 0 Å². The quantitative estimate of drug-likeness (QED) is 0.830. The Hall–Kier alpha value is -1.40. The largest absolute Gasteiger partial charge is 0.380 e. The van der Waals surface area contributed by atoms with E-state index in [1.54, 1.807) is 4.90 Å². The fraction of sp³-hybridized carbons (Fsp3) is 0.611. The van der Waals surface area contributed by atoms with Gasteiger partial charge in [0.2, 0.25) is 5.91 Å². The van der Waals surface area contributed by atoms with Crippen molar-refractivity contribution in [2.75, 3.05) is 25.5 Å². The van der Waals surface area contributed by atoms with Crippen molar-refractivity contribution in [3.8, 4) is 0 Å². The number of carbonyl (C=O) groups excluding carboxylic acids is 1. The lowest BCUT2D eigenvalue weighted by Gasteiger charge is -2.43. The van der Waals surface area contributed by atoms with Crippen LogP contribution in [0.4, 0.5) is 0 Å². The molecule has 5 nitrogen and oxygen atoms in total. The number of rotatable bonds is 3. The van der Waals surface area contributed by atoms with E-state index in [9.17, 15) is 13.2 Å². The van der Waals surface area contributed by atoms with Crippen molar-refractivity contribution in [2.24, 2.45) is 0 Å². The molecule has 0 N–H and O–H groups in total. The standard InChI is InChI=1S/C18H23NO4S/c20-18(11-13-2-1-3-15(10-13)14-4-5-14)19-7-9-24(21,22)17-12-23-8-6-16(17)19/h1-3,10,14,16-17H,4-9,11-12H2/t16-,17+/m0/s1. The van der Waals surface area contributed by atoms with E-state index in [4.69, 9.17) is 4.74 Å². The molecule has 0 unspecified atom stereocenters. The second kappa shape index (κ2) is 6.15. The van der Waals surface area contributed by atoms with Crippen LogP contribution in [-0.4, -0.2) is 56.0 Å². The van der Waals surface area contributed by atoms with Crippen LogP contribution >= 0.6 is 0 Å². The van der Waals surface area contributed by atoms with Crippen molar-refractivity contribution < 1.29 is 17.9 Å². The molecule has 2 atom stereocenters. The molecule has 2 heterocycles. The number of carbonyl (C=O) groups is 1. The minimum absolute atomic E-state index is 0.0368. The zero-order chi connectivity index (χ0) is 16.7. The molecule has 0 bridgehead atoms. The number of benzene rings is 1. The van der Waals surface area contributed by atoms with Gasteiger partial charge in [-0.1, -0.05) is 24.3 Å². The van der Waals surface area contributed by atoms with Gasteiger partial charge < -0.3 is 9.64 Å². The van der Waals surface area contributed by atoms with Gasteiger partial charge in [0.25, 0.3) is 0 Å². The highest BCUT2D eigenvalue weighted by molar-refractivity contribution is 7.92. The third kappa shape index (κ3) is 3.09. The first-order valence-corrected chi connectivity index (χ1v) is 10.4. The zero-order valence-electron chi connectivity index (χ0n) is 13.7. The van der Waals surface area contributed by atoms with E-state index in [0.717, 1.165) is 5.56 Å². The second-order valence-corrected chi connectivity index (χ2v) is 9.46. The van der Waals surface area contributed by atoms with Crippen molar-refractivity contribution >= 4 is 15.7 Å². The average molecular weight is 349 g/mol. The number of sulfone groups is 1. The number of nitrogens with zero attached hydrogens (tertiary/aromatic N) is 1. The monoisotopic (exact) mass is 349 g/mol. The van der Waals surface area contributed by atoms with Gasteiger partial charge in [-0.3, -0.25) is 4.79 Å². The number of hydrogen-bond donors (Lipinski definition) is 0. The molecule has 130 valence electrons. The Kier molecular flexibility index (Phi) is 4.12. The summed E-state index contributed by atoms with van der Waals surface area (Å²) in [5, 5.41) is -0.554. The molecule has 1 saturated carbocycles. The fourth-order valence-corrected chi connectivity index (χ4v) is 5.72. The Labute approximate surface area is 142 Å². The summed E-state index contributed by atoms with van der Waals surface area (Å²) in [6.07, 6.45) is 3.44. The van der Waals surface area contributed by atoms with E-state index >= 15 is 0 Å². The summed E-state index contributed by atoms with van der Waals surface area (Å²) in [6.45, 7) is 1.05. The number of hydrogen-bond acceptors (Lipinski definition) is 4. The van der Waals surface area contributed by atoms with Crippen molar-refractivity contribution in [3.05, 3.63) is 35.4 Å². The third-order valence-corrected chi connectivity index (χ3v) is 7.55. The lowest BCUT2D eigenvalue weighted by atomic mass is 10.0. The van der Waals surface area contributed by atoms with Gasteiger partial charge in [-0.25, -0.2) is 8.42 Å². The smallest absolute Gasteiger partial charge is 0.227 e. The Morgan fingerprint density at radius 3 is 2.88 bits per heavy atom. The van der Waals surface area contributed by atoms with Gasteiger partial charge in [0.05, 0.1) is 24.8 Å². The Morgan fingerprint density at radius 1 is 1.25 bits per heavy atom. The molecule has 2 saturated heterocycles. The van der Waals surface area contributed by atoms with Crippen LogP contribution in [0.5, 0.6) is 0 Å². The number of amides is 1. The van der Waals surface area contributed by atoms with E-state index in [1.807, 2.05) is 12.1 Å². The first kappa shape index (κ1) is 16.1. The maximum Gasteiger partial charge on any atom is 0.227 e. The fourth-order valence-electron chi connectivity index (χ4n) is 3.90. The van der Waals surface area contributed by atoms with Crippen molar-refractivity contribution in [1.29, 1.82) is 0 Å². The second-order valence-electron chi connectivity index (χ2n) is 7.12. The molecule has 6 heteroatoms. The van der Waals surface area contributed by atoms with Crippen LogP contribution in [0.2, 0.25) is 0 Å². The van der Waals surface area contributed by atoms with E-state index in [-0.39, 0.29) is 24.3 Å². The van der Waals surface area contributed by atoms with Gasteiger partial charge >= 0.3 is 0 Å². The number of fused-ring (bicyclic) bond motifs is 1. The lowest BCUT2D eigenvalue weighted by molar-refractivity contribution is -0.134. The molecule has 3 fully saturated rings. The molecule has 3 aliphatic rings. The molecule has 0 radical (unpaired) electrons. The maximum absolute atomic E-state index is 12.8. The van der Waals surface area contributed by atoms with Crippen molar-refractivity contribution in [3.63, 3.8) is 0 Å². The average Bonchev–Trinajstić information content (AvgIpc) is 3.40. The zero-order valence-corrected chi connectivity index (χ0v) is 14.5. The maximum atomic E-state index is 12.8. The highest BCUT2D eigenvalue weighted by Gasteiger charge is 2.44. The molecule has 24 heavy (non-hydrogen) atoms. The van der Waals surface area contributed by atoms with Crippen LogP contribution in [-0.2, 0) is 25.8 Å². The van der Waals surface area contributed by atoms with Crippen LogP contribution < -0.4 is 0 Å². The van der Waals surface area contributed by atoms with Crippen LogP contribution in [0.25, 0.3) is 0 Å². The van der Waals surface area contributed by atoms with E-state index in [2.05, 4.69) is 12.1 Å². The topological polar surface area (TPSA) is 63.7 Å². The molecular formula is C18H23NO4S. The minimum atomic E-state index is -3.15. The van der Waals surface area contributed by atoms with E-state index < -0.39 is 15.1 Å². The van der Waals surface area contributed by atoms with Gasteiger partial charge in [0.1, 0.15) is 5.25 Å². The first-order valence-electron chi connectivity index (χ1n) is 8.72. The van der Waals surface area contributed by atoms with Gasteiger partial charge in [0, 0.05) is 13.2 Å². The Balaban J connectivity index is 1.50. The summed E-state index contributed by atoms with van der Waals surface area (Å²) in [5.41, 5.74) is 2.35. The van der Waals surface area contributed by atoms with Crippen LogP contribution in [0.15, 0.2) is 24.3 Å². The summed E-state index contributed by atoms with van der Waals surface area (Å²) in [5.74, 6) is 0.751. The molecule has 0 spiro atoms. The summed E-state index contributed by atoms with van der Waals surface area (Å²) in [7, 11) is -3.15. The summed E-state index contributed by atoms with van der Waals surface area (Å²) in [4.78, 5) is 14.6. The predicted octanol–water partition coefficient (Wildman–Crippen LogP) is 1.52. The molecule has 1 aromatic carbocycles. The molecule has 1 aromatic rings. The van der Waals surface area contributed by atoms with Crippen LogP contribution in [0.3, 0.4) is 0 Å². The number of ether oxygens (including phenoxy) is 1. The Morgan fingerprint density at radius 2 is 2.08 bits per heavy atom. The lowest BCUT2D eigenvalue weighted by Crippen LogP contribution is -2.60. The summed E-state index contributed by atoms with van der Waals surface area (Å²) in [6, 6.07) is 8.06. The third-order valence-electron chi connectivity index (χ3n) is 5.42. The van der Waals surface area contributed by atoms with Crippen molar-refractivity contribution in [2.45, 2.75) is 42.9 Å². The summed E-state index contributed by atoms with van der Waals surface area (Å²) < 4.78 is 29.9. The molecule has 0 aromatic heterocycles. The first-order chi connectivity index (χ1) is 11.5. The molecular weight excluding hydrogens is 326 g/mol. The Bertz CT molecular complexity index is 741. The SMILES string of the molecule is O=C(Cc1cccc(C2CC2)c1)N1CCS(=O)(=O)[C@@H]2COCC[C@@H]21. The van der Waals surface area contributed by atoms with Crippen LogP contribution in [0.1, 0.15) is 36.3 Å². The molecule has 2 aliphatic heterocycles. The molecule has 4 rings (SSSR count). The highest BCUT2D eigenvalue weighted by Crippen LogP contribution is 2.40. The molecule has 1 aliphatic carbocycles. The van der Waals surface area contributed by atoms with Gasteiger partial charge in [-0.15, -0.1) is 0 Å². The highest BCUT2D eigenvalue weighted by atomic mass is 32.2.